The number of benzene rings is 2. The predicted molar refractivity (Wildman–Crippen MR) is 148 cm³/mol. The highest BCUT2D eigenvalue weighted by atomic mass is 127. The lowest BCUT2D eigenvalue weighted by Crippen LogP contribution is -2.38. The molecular formula is C26H36IN5O2. The molecular weight excluding hydrogens is 541 g/mol. The minimum atomic E-state index is -0.0805. The summed E-state index contributed by atoms with van der Waals surface area (Å²) in [6, 6.07) is 16.0. The largest absolute Gasteiger partial charge is 0.357 e. The minimum absolute atomic E-state index is 0. The zero-order valence-corrected chi connectivity index (χ0v) is 22.4. The molecule has 34 heavy (non-hydrogen) atoms. The van der Waals surface area contributed by atoms with Crippen LogP contribution in [0.15, 0.2) is 53.5 Å². The highest BCUT2D eigenvalue weighted by Crippen LogP contribution is 2.19. The number of aliphatic imine (C=N–C) groups is 1. The molecule has 0 fully saturated rings. The smallest absolute Gasteiger partial charge is 0.251 e. The molecule has 1 aliphatic heterocycles. The lowest BCUT2D eigenvalue weighted by atomic mass is 9.99. The number of amides is 2. The average Bonchev–Trinajstić information content (AvgIpc) is 2.85. The summed E-state index contributed by atoms with van der Waals surface area (Å²) in [6.07, 6.45) is 2.95. The molecule has 3 rings (SSSR count). The quantitative estimate of drug-likeness (QED) is 0.185. The number of nitrogens with one attached hydrogen (secondary N) is 3. The number of carbonyl (C=O) groups excluding carboxylic acids is 2. The van der Waals surface area contributed by atoms with Crippen LogP contribution in [0.5, 0.6) is 0 Å². The van der Waals surface area contributed by atoms with Gasteiger partial charge in [-0.15, -0.1) is 24.0 Å². The van der Waals surface area contributed by atoms with Gasteiger partial charge >= 0.3 is 0 Å². The molecule has 2 aromatic rings. The van der Waals surface area contributed by atoms with Gasteiger partial charge in [0.1, 0.15) is 0 Å². The number of carbonyl (C=O) groups is 2. The first kappa shape index (κ1) is 27.6. The third kappa shape index (κ3) is 8.30. The van der Waals surface area contributed by atoms with Crippen LogP contribution in [-0.4, -0.2) is 55.9 Å². The second kappa shape index (κ2) is 14.6. The van der Waals surface area contributed by atoms with Gasteiger partial charge in [-0.25, -0.2) is 0 Å². The van der Waals surface area contributed by atoms with Crippen molar-refractivity contribution in [2.24, 2.45) is 4.99 Å². The van der Waals surface area contributed by atoms with E-state index in [1.165, 1.54) is 11.1 Å². The van der Waals surface area contributed by atoms with Crippen LogP contribution in [0, 0.1) is 0 Å². The number of hydrogen-bond donors (Lipinski definition) is 3. The van der Waals surface area contributed by atoms with Crippen LogP contribution >= 0.6 is 24.0 Å². The Kier molecular flexibility index (Phi) is 11.9. The summed E-state index contributed by atoms with van der Waals surface area (Å²) in [7, 11) is 1.63. The Bertz CT molecular complexity index is 979. The fourth-order valence-corrected chi connectivity index (χ4v) is 3.97. The van der Waals surface area contributed by atoms with Gasteiger partial charge in [0.25, 0.3) is 5.91 Å². The van der Waals surface area contributed by atoms with Gasteiger partial charge in [0.05, 0.1) is 0 Å². The maximum Gasteiger partial charge on any atom is 0.251 e. The van der Waals surface area contributed by atoms with Crippen LogP contribution in [0.3, 0.4) is 0 Å². The van der Waals surface area contributed by atoms with Crippen molar-refractivity contribution in [3.63, 3.8) is 0 Å². The summed E-state index contributed by atoms with van der Waals surface area (Å²) in [4.78, 5) is 31.0. The average molecular weight is 578 g/mol. The van der Waals surface area contributed by atoms with Gasteiger partial charge < -0.3 is 20.9 Å². The number of rotatable bonds is 9. The van der Waals surface area contributed by atoms with E-state index < -0.39 is 0 Å². The lowest BCUT2D eigenvalue weighted by Gasteiger charge is -2.28. The van der Waals surface area contributed by atoms with Gasteiger partial charge in [-0.2, -0.15) is 0 Å². The van der Waals surface area contributed by atoms with Gasteiger partial charge in [0, 0.05) is 51.8 Å². The van der Waals surface area contributed by atoms with Crippen molar-refractivity contribution in [1.29, 1.82) is 0 Å². The van der Waals surface area contributed by atoms with E-state index in [-0.39, 0.29) is 35.8 Å². The summed E-state index contributed by atoms with van der Waals surface area (Å²) in [5, 5.41) is 9.24. The molecule has 2 amide bonds. The molecule has 0 aromatic heterocycles. The van der Waals surface area contributed by atoms with E-state index >= 15 is 0 Å². The highest BCUT2D eigenvalue weighted by Gasteiger charge is 2.19. The Balaban J connectivity index is 0.00000408. The van der Waals surface area contributed by atoms with Crippen molar-refractivity contribution in [1.82, 2.24) is 20.9 Å². The Labute approximate surface area is 219 Å². The molecule has 184 valence electrons. The van der Waals surface area contributed by atoms with Crippen molar-refractivity contribution in [3.05, 3.63) is 70.8 Å². The van der Waals surface area contributed by atoms with Crippen LogP contribution in [0.25, 0.3) is 0 Å². The van der Waals surface area contributed by atoms with Crippen molar-refractivity contribution >= 4 is 41.8 Å². The van der Waals surface area contributed by atoms with Gasteiger partial charge in [-0.1, -0.05) is 36.4 Å². The molecule has 2 aromatic carbocycles. The molecule has 0 spiro atoms. The molecule has 0 aliphatic carbocycles. The van der Waals surface area contributed by atoms with Crippen molar-refractivity contribution < 1.29 is 9.59 Å². The fraction of sp³-hybridized carbons (Fsp3) is 0.423. The van der Waals surface area contributed by atoms with E-state index in [2.05, 4.69) is 39.1 Å². The summed E-state index contributed by atoms with van der Waals surface area (Å²) in [6.45, 7) is 5.60. The maximum atomic E-state index is 12.6. The summed E-state index contributed by atoms with van der Waals surface area (Å²) < 4.78 is 0. The maximum absolute atomic E-state index is 12.6. The molecule has 0 radical (unpaired) electrons. The van der Waals surface area contributed by atoms with E-state index in [0.29, 0.717) is 31.6 Å². The normalized spacial score (nSPS) is 12.9. The number of guanidine groups is 1. The zero-order valence-electron chi connectivity index (χ0n) is 20.1. The third-order valence-electron chi connectivity index (χ3n) is 5.77. The first-order valence-electron chi connectivity index (χ1n) is 11.8. The lowest BCUT2D eigenvalue weighted by molar-refractivity contribution is -0.132. The van der Waals surface area contributed by atoms with Gasteiger partial charge in [0.15, 0.2) is 5.96 Å². The SMILES string of the molecule is CCNC(=NCCCC(=O)N1CCc2ccccc2C1)NCCc1cccc(C(=O)NC)c1.I. The van der Waals surface area contributed by atoms with Crippen molar-refractivity contribution in [3.8, 4) is 0 Å². The Morgan fingerprint density at radius 1 is 1.06 bits per heavy atom. The first-order chi connectivity index (χ1) is 16.1. The van der Waals surface area contributed by atoms with Crippen LogP contribution in [-0.2, 0) is 24.2 Å². The van der Waals surface area contributed by atoms with E-state index in [1.54, 1.807) is 7.05 Å². The monoisotopic (exact) mass is 577 g/mol. The third-order valence-corrected chi connectivity index (χ3v) is 5.77. The molecule has 0 saturated carbocycles. The molecule has 0 saturated heterocycles. The van der Waals surface area contributed by atoms with E-state index in [9.17, 15) is 9.59 Å². The molecule has 8 heteroatoms. The predicted octanol–water partition coefficient (Wildman–Crippen LogP) is 3.13. The molecule has 0 bridgehead atoms. The van der Waals surface area contributed by atoms with Crippen LogP contribution in [0.2, 0.25) is 0 Å². The molecule has 1 heterocycles. The molecule has 0 unspecified atom stereocenters. The second-order valence-corrected chi connectivity index (χ2v) is 8.15. The zero-order chi connectivity index (χ0) is 23.5. The van der Waals surface area contributed by atoms with Gasteiger partial charge in [0.2, 0.25) is 5.91 Å². The van der Waals surface area contributed by atoms with Gasteiger partial charge in [-0.05, 0) is 55.0 Å². The van der Waals surface area contributed by atoms with Crippen LogP contribution in [0.1, 0.15) is 46.8 Å². The van der Waals surface area contributed by atoms with E-state index in [0.717, 1.165) is 43.9 Å². The minimum Gasteiger partial charge on any atom is -0.357 e. The fourth-order valence-electron chi connectivity index (χ4n) is 3.97. The number of hydrogen-bond acceptors (Lipinski definition) is 3. The standard InChI is InChI=1S/C26H35N5O2.HI/c1-3-28-26(30-16-13-20-8-6-11-22(18-20)25(33)27-2)29-15-7-12-24(32)31-17-14-21-9-4-5-10-23(21)19-31;/h4-6,8-11,18H,3,7,12-17,19H2,1-2H3,(H,27,33)(H2,28,29,30);1H. The molecule has 1 aliphatic rings. The van der Waals surface area contributed by atoms with E-state index in [1.807, 2.05) is 42.2 Å². The Hall–Kier alpha value is -2.62. The summed E-state index contributed by atoms with van der Waals surface area (Å²) in [5.41, 5.74) is 4.37. The first-order valence-corrected chi connectivity index (χ1v) is 11.8. The number of nitrogens with zero attached hydrogens (tertiary/aromatic N) is 2. The van der Waals surface area contributed by atoms with Crippen LogP contribution < -0.4 is 16.0 Å². The summed E-state index contributed by atoms with van der Waals surface area (Å²) in [5.74, 6) is 0.871. The van der Waals surface area contributed by atoms with Crippen LogP contribution in [0.4, 0.5) is 0 Å². The summed E-state index contributed by atoms with van der Waals surface area (Å²) >= 11 is 0. The Morgan fingerprint density at radius 2 is 1.85 bits per heavy atom. The van der Waals surface area contributed by atoms with E-state index in [4.69, 9.17) is 0 Å². The molecule has 0 atom stereocenters. The topological polar surface area (TPSA) is 85.8 Å². The highest BCUT2D eigenvalue weighted by molar-refractivity contribution is 14.0. The van der Waals surface area contributed by atoms with Crippen molar-refractivity contribution in [2.75, 3.05) is 33.2 Å². The van der Waals surface area contributed by atoms with Gasteiger partial charge in [-0.3, -0.25) is 14.6 Å². The molecule has 3 N–H and O–H groups in total. The second-order valence-electron chi connectivity index (χ2n) is 8.15. The molecule has 7 nitrogen and oxygen atoms in total. The number of halogens is 1. The Morgan fingerprint density at radius 3 is 2.62 bits per heavy atom. The van der Waals surface area contributed by atoms with Crippen molar-refractivity contribution in [2.45, 2.75) is 39.2 Å². The number of fused-ring (bicyclic) bond motifs is 1.